The topological polar surface area (TPSA) is 37.3 Å². The van der Waals surface area contributed by atoms with E-state index in [1.165, 1.54) is 0 Å². The second kappa shape index (κ2) is 2.96. The van der Waals surface area contributed by atoms with E-state index < -0.39 is 5.60 Å². The van der Waals surface area contributed by atoms with Crippen molar-refractivity contribution in [1.82, 2.24) is 0 Å². The first-order valence-electron chi connectivity index (χ1n) is 6.99. The minimum Gasteiger partial charge on any atom is -0.389 e. The Labute approximate surface area is 104 Å². The number of aliphatic hydroxyl groups is 1. The highest BCUT2D eigenvalue weighted by Gasteiger charge is 2.72. The van der Waals surface area contributed by atoms with Crippen molar-refractivity contribution in [2.24, 2.45) is 28.6 Å². The molecule has 0 aromatic rings. The summed E-state index contributed by atoms with van der Waals surface area (Å²) in [4.78, 5) is 12.2. The third-order valence-corrected chi connectivity index (χ3v) is 6.77. The highest BCUT2D eigenvalue weighted by molar-refractivity contribution is 5.85. The second-order valence-corrected chi connectivity index (χ2v) is 7.55. The van der Waals surface area contributed by atoms with Gasteiger partial charge in [0.05, 0.1) is 5.60 Å². The molecule has 0 heterocycles. The lowest BCUT2D eigenvalue weighted by Crippen LogP contribution is -2.73. The zero-order valence-corrected chi connectivity index (χ0v) is 11.4. The number of hydrogen-bond acceptors (Lipinski definition) is 2. The van der Waals surface area contributed by atoms with Gasteiger partial charge >= 0.3 is 0 Å². The van der Waals surface area contributed by atoms with Gasteiger partial charge in [0.25, 0.3) is 0 Å². The summed E-state index contributed by atoms with van der Waals surface area (Å²) in [7, 11) is 0. The van der Waals surface area contributed by atoms with E-state index in [-0.39, 0.29) is 16.7 Å². The number of rotatable bonds is 0. The molecule has 0 radical (unpaired) electrons. The third kappa shape index (κ3) is 1.05. The maximum atomic E-state index is 12.2. The molecule has 4 rings (SSSR count). The summed E-state index contributed by atoms with van der Waals surface area (Å²) in [5.41, 5.74) is -1.05. The Bertz CT molecular complexity index is 386. The largest absolute Gasteiger partial charge is 0.389 e. The van der Waals surface area contributed by atoms with E-state index in [0.717, 1.165) is 19.3 Å². The zero-order chi connectivity index (χ0) is 12.6. The maximum Gasteiger partial charge on any atom is 0.137 e. The smallest absolute Gasteiger partial charge is 0.137 e. The maximum absolute atomic E-state index is 12.2. The van der Waals surface area contributed by atoms with Crippen LogP contribution in [-0.2, 0) is 4.79 Å². The van der Waals surface area contributed by atoms with Crippen LogP contribution in [0.5, 0.6) is 0 Å². The lowest BCUT2D eigenvalue weighted by Gasteiger charge is -2.70. The fourth-order valence-electron chi connectivity index (χ4n) is 5.54. The van der Waals surface area contributed by atoms with E-state index >= 15 is 0 Å². The molecule has 0 spiro atoms. The monoisotopic (exact) mass is 236 g/mol. The van der Waals surface area contributed by atoms with Crippen LogP contribution in [0.3, 0.4) is 0 Å². The van der Waals surface area contributed by atoms with Crippen molar-refractivity contribution >= 4 is 5.78 Å². The average Bonchev–Trinajstić information content (AvgIpc) is 2.21. The number of carbonyl (C=O) groups is 1. The van der Waals surface area contributed by atoms with Crippen LogP contribution in [0.4, 0.5) is 0 Å². The molecule has 0 aliphatic heterocycles. The average molecular weight is 236 g/mol. The van der Waals surface area contributed by atoms with Gasteiger partial charge in [-0.15, -0.1) is 0 Å². The molecule has 4 aliphatic carbocycles. The molecule has 0 unspecified atom stereocenters. The molecular formula is C15H24O2. The van der Waals surface area contributed by atoms with Crippen molar-refractivity contribution < 1.29 is 9.90 Å². The molecule has 2 nitrogen and oxygen atoms in total. The van der Waals surface area contributed by atoms with Gasteiger partial charge in [0.15, 0.2) is 0 Å². The molecule has 0 aromatic carbocycles. The van der Waals surface area contributed by atoms with E-state index in [2.05, 4.69) is 27.7 Å². The second-order valence-electron chi connectivity index (χ2n) is 7.55. The summed E-state index contributed by atoms with van der Waals surface area (Å²) in [6.07, 6.45) is 3.59. The standard InChI is InChI=1S/C15H24O2/c1-9-5-6-15(17)13(2,3)11-7-10(9)14(15,4)8-12(11)16/h9-11,17H,5-8H2,1-4H3/t9-,10+,11-,14-,15+/m0/s1. The molecule has 17 heavy (non-hydrogen) atoms. The van der Waals surface area contributed by atoms with Crippen LogP contribution in [0.15, 0.2) is 0 Å². The molecule has 96 valence electrons. The Morgan fingerprint density at radius 1 is 1.29 bits per heavy atom. The van der Waals surface area contributed by atoms with Crippen molar-refractivity contribution in [2.75, 3.05) is 0 Å². The van der Waals surface area contributed by atoms with Gasteiger partial charge in [0, 0.05) is 23.2 Å². The summed E-state index contributed by atoms with van der Waals surface area (Å²) in [5, 5.41) is 11.3. The van der Waals surface area contributed by atoms with E-state index in [1.807, 2.05) is 0 Å². The zero-order valence-electron chi connectivity index (χ0n) is 11.4. The Balaban J connectivity index is 2.18. The summed E-state index contributed by atoms with van der Waals surface area (Å²) < 4.78 is 0. The van der Waals surface area contributed by atoms with Crippen LogP contribution in [0.2, 0.25) is 0 Å². The SMILES string of the molecule is C[C@H]1CC[C@@]2(O)C(C)(C)[C@H]3C[C@H]1[C@]2(C)CC3=O. The Morgan fingerprint density at radius 2 is 1.94 bits per heavy atom. The van der Waals surface area contributed by atoms with Gasteiger partial charge < -0.3 is 5.11 Å². The predicted molar refractivity (Wildman–Crippen MR) is 66.5 cm³/mol. The van der Waals surface area contributed by atoms with Crippen LogP contribution < -0.4 is 0 Å². The quantitative estimate of drug-likeness (QED) is 0.702. The van der Waals surface area contributed by atoms with Crippen LogP contribution in [-0.4, -0.2) is 16.5 Å². The fraction of sp³-hybridized carbons (Fsp3) is 0.933. The summed E-state index contributed by atoms with van der Waals surface area (Å²) in [6, 6.07) is 0. The Morgan fingerprint density at radius 3 is 2.59 bits per heavy atom. The van der Waals surface area contributed by atoms with Crippen LogP contribution in [0.25, 0.3) is 0 Å². The molecule has 4 fully saturated rings. The molecular weight excluding hydrogens is 212 g/mol. The van der Waals surface area contributed by atoms with Crippen molar-refractivity contribution in [3.05, 3.63) is 0 Å². The number of Topliss-reactive ketones (excluding diaryl/α,β-unsaturated/α-hetero) is 1. The summed E-state index contributed by atoms with van der Waals surface area (Å²) in [6.45, 7) is 8.69. The molecule has 0 amide bonds. The normalized spacial score (nSPS) is 56.1. The number of hydrogen-bond donors (Lipinski definition) is 1. The van der Waals surface area contributed by atoms with Crippen molar-refractivity contribution in [2.45, 2.75) is 59.0 Å². The van der Waals surface area contributed by atoms with Crippen molar-refractivity contribution in [3.8, 4) is 0 Å². The van der Waals surface area contributed by atoms with Gasteiger partial charge in [0.1, 0.15) is 5.78 Å². The summed E-state index contributed by atoms with van der Waals surface area (Å²) in [5.74, 6) is 1.68. The van der Waals surface area contributed by atoms with Gasteiger partial charge in [-0.05, 0) is 31.1 Å². The van der Waals surface area contributed by atoms with Gasteiger partial charge in [-0.25, -0.2) is 0 Å². The highest BCUT2D eigenvalue weighted by Crippen LogP contribution is 2.70. The first-order chi connectivity index (χ1) is 7.74. The molecule has 0 aromatic heterocycles. The van der Waals surface area contributed by atoms with Crippen LogP contribution >= 0.6 is 0 Å². The molecule has 1 N–H and O–H groups in total. The molecule has 4 saturated carbocycles. The first-order valence-corrected chi connectivity index (χ1v) is 6.99. The number of fused-ring (bicyclic) bond motifs is 1. The van der Waals surface area contributed by atoms with Crippen molar-refractivity contribution in [3.63, 3.8) is 0 Å². The van der Waals surface area contributed by atoms with E-state index in [1.54, 1.807) is 0 Å². The van der Waals surface area contributed by atoms with Gasteiger partial charge in [0.2, 0.25) is 0 Å². The number of ketones is 1. The Hall–Kier alpha value is -0.370. The first kappa shape index (κ1) is 11.7. The molecule has 4 bridgehead atoms. The molecule has 0 saturated heterocycles. The van der Waals surface area contributed by atoms with Gasteiger partial charge in [-0.3, -0.25) is 4.79 Å². The van der Waals surface area contributed by atoms with Crippen LogP contribution in [0, 0.1) is 28.6 Å². The summed E-state index contributed by atoms with van der Waals surface area (Å²) >= 11 is 0. The van der Waals surface area contributed by atoms with Crippen molar-refractivity contribution in [1.29, 1.82) is 0 Å². The number of carbonyl (C=O) groups excluding carboxylic acids is 1. The lowest BCUT2D eigenvalue weighted by atomic mass is 9.35. The minimum absolute atomic E-state index is 0.0853. The predicted octanol–water partition coefficient (Wildman–Crippen LogP) is 2.79. The van der Waals surface area contributed by atoms with E-state index in [9.17, 15) is 9.90 Å². The highest BCUT2D eigenvalue weighted by atomic mass is 16.3. The fourth-order valence-corrected chi connectivity index (χ4v) is 5.54. The third-order valence-electron chi connectivity index (χ3n) is 6.77. The lowest BCUT2D eigenvalue weighted by molar-refractivity contribution is -0.277. The van der Waals surface area contributed by atoms with E-state index in [4.69, 9.17) is 0 Å². The van der Waals surface area contributed by atoms with Gasteiger partial charge in [-0.2, -0.15) is 0 Å². The molecule has 4 aliphatic rings. The van der Waals surface area contributed by atoms with E-state index in [0.29, 0.717) is 24.0 Å². The molecule has 2 heteroatoms. The Kier molecular flexibility index (Phi) is 2.04. The van der Waals surface area contributed by atoms with Gasteiger partial charge in [-0.1, -0.05) is 27.7 Å². The molecule has 5 atom stereocenters. The minimum atomic E-state index is -0.631. The van der Waals surface area contributed by atoms with Crippen LogP contribution in [0.1, 0.15) is 53.4 Å².